The van der Waals surface area contributed by atoms with E-state index in [1.165, 1.54) is 5.56 Å². The first kappa shape index (κ1) is 19.4. The van der Waals surface area contributed by atoms with Gasteiger partial charge in [0.2, 0.25) is 0 Å². The number of aliphatic imine (C=N–C) groups is 1. The van der Waals surface area contributed by atoms with Crippen LogP contribution < -0.4 is 10.6 Å². The van der Waals surface area contributed by atoms with Crippen molar-refractivity contribution < 1.29 is 4.74 Å². The second kappa shape index (κ2) is 7.99. The van der Waals surface area contributed by atoms with Gasteiger partial charge in [0.05, 0.1) is 6.10 Å². The summed E-state index contributed by atoms with van der Waals surface area (Å²) in [6, 6.07) is 4.62. The Labute approximate surface area is 162 Å². The second-order valence-corrected chi connectivity index (χ2v) is 7.24. The Morgan fingerprint density at radius 2 is 2.21 bits per heavy atom. The lowest BCUT2D eigenvalue weighted by Crippen LogP contribution is -2.68. The summed E-state index contributed by atoms with van der Waals surface area (Å²) >= 11 is 0. The van der Waals surface area contributed by atoms with E-state index in [1.807, 2.05) is 20.2 Å². The molecule has 3 rings (SSSR count). The highest BCUT2D eigenvalue weighted by Gasteiger charge is 2.59. The average molecular weight is 444 g/mol. The molecule has 1 saturated heterocycles. The number of rotatable bonds is 4. The number of nitrogens with one attached hydrogen (secondary N) is 2. The highest BCUT2D eigenvalue weighted by atomic mass is 127. The van der Waals surface area contributed by atoms with Crippen LogP contribution in [-0.4, -0.2) is 43.3 Å². The van der Waals surface area contributed by atoms with E-state index in [4.69, 9.17) is 4.74 Å². The van der Waals surface area contributed by atoms with Crippen LogP contribution in [0.3, 0.4) is 0 Å². The zero-order valence-electron chi connectivity index (χ0n) is 15.0. The monoisotopic (exact) mass is 444 g/mol. The molecule has 3 atom stereocenters. The maximum absolute atomic E-state index is 5.85. The molecule has 0 spiro atoms. The first-order valence-electron chi connectivity index (χ1n) is 8.52. The zero-order valence-corrected chi connectivity index (χ0v) is 17.3. The summed E-state index contributed by atoms with van der Waals surface area (Å²) in [7, 11) is 1.83. The van der Waals surface area contributed by atoms with E-state index < -0.39 is 0 Å². The number of hydrogen-bond donors (Lipinski definition) is 2. The number of ether oxygens (including phenoxy) is 1. The molecule has 0 radical (unpaired) electrons. The van der Waals surface area contributed by atoms with Gasteiger partial charge in [-0.3, -0.25) is 9.98 Å². The normalized spacial score (nSPS) is 27.7. The molecule has 1 aromatic heterocycles. The molecule has 1 aliphatic carbocycles. The maximum Gasteiger partial charge on any atom is 0.191 e. The van der Waals surface area contributed by atoms with Crippen molar-refractivity contribution in [1.82, 2.24) is 15.6 Å². The summed E-state index contributed by atoms with van der Waals surface area (Å²) in [5, 5.41) is 7.02. The van der Waals surface area contributed by atoms with Crippen molar-refractivity contribution in [2.75, 3.05) is 20.2 Å². The molecule has 3 unspecified atom stereocenters. The van der Waals surface area contributed by atoms with Crippen LogP contribution in [0.2, 0.25) is 0 Å². The zero-order chi connectivity index (χ0) is 16.4. The van der Waals surface area contributed by atoms with Gasteiger partial charge >= 0.3 is 0 Å². The minimum Gasteiger partial charge on any atom is -0.377 e. The molecular formula is C18H29IN4O. The molecule has 5 nitrogen and oxygen atoms in total. The lowest BCUT2D eigenvalue weighted by atomic mass is 9.57. The lowest BCUT2D eigenvalue weighted by Gasteiger charge is -2.54. The summed E-state index contributed by atoms with van der Waals surface area (Å²) in [6.07, 6.45) is 4.44. The fourth-order valence-corrected chi connectivity index (χ4v) is 3.93. The fraction of sp³-hybridized carbons (Fsp3) is 0.667. The topological polar surface area (TPSA) is 58.5 Å². The molecule has 0 bridgehead atoms. The van der Waals surface area contributed by atoms with Gasteiger partial charge in [0.1, 0.15) is 0 Å². The van der Waals surface area contributed by atoms with Crippen LogP contribution in [0.1, 0.15) is 31.5 Å². The van der Waals surface area contributed by atoms with Gasteiger partial charge in [-0.15, -0.1) is 24.0 Å². The van der Waals surface area contributed by atoms with Gasteiger partial charge in [-0.2, -0.15) is 0 Å². The van der Waals surface area contributed by atoms with Gasteiger partial charge in [-0.05, 0) is 31.4 Å². The number of guanidine groups is 1. The molecular weight excluding hydrogens is 415 g/mol. The number of halogens is 1. The molecule has 1 aromatic rings. The average Bonchev–Trinajstić information content (AvgIpc) is 2.99. The molecule has 2 N–H and O–H groups in total. The standard InChI is InChI=1S/C18H28N4O.HI/c1-12-5-6-13(11-21-12)7-9-20-17(19-4)22-15-14-8-10-23-16(14)18(15,2)3;/h5-6,11,14-16H,7-10H2,1-4H3,(H2,19,20,22);1H. The minimum absolute atomic E-state index is 0. The molecule has 1 aliphatic heterocycles. The molecule has 2 fully saturated rings. The second-order valence-electron chi connectivity index (χ2n) is 7.24. The third kappa shape index (κ3) is 3.85. The Balaban J connectivity index is 0.00000208. The summed E-state index contributed by atoms with van der Waals surface area (Å²) in [6.45, 7) is 8.31. The van der Waals surface area contributed by atoms with E-state index in [1.54, 1.807) is 0 Å². The number of aryl methyl sites for hydroxylation is 1. The summed E-state index contributed by atoms with van der Waals surface area (Å²) in [4.78, 5) is 8.71. The van der Waals surface area contributed by atoms with E-state index in [9.17, 15) is 0 Å². The molecule has 24 heavy (non-hydrogen) atoms. The van der Waals surface area contributed by atoms with Crippen LogP contribution in [0, 0.1) is 18.3 Å². The number of hydrogen-bond acceptors (Lipinski definition) is 3. The van der Waals surface area contributed by atoms with Crippen molar-refractivity contribution in [1.29, 1.82) is 0 Å². The third-order valence-electron chi connectivity index (χ3n) is 5.30. The van der Waals surface area contributed by atoms with E-state index >= 15 is 0 Å². The molecule has 1 saturated carbocycles. The van der Waals surface area contributed by atoms with Crippen molar-refractivity contribution in [3.63, 3.8) is 0 Å². The highest BCUT2D eigenvalue weighted by molar-refractivity contribution is 14.0. The largest absolute Gasteiger partial charge is 0.377 e. The van der Waals surface area contributed by atoms with Crippen LogP contribution in [0.5, 0.6) is 0 Å². The van der Waals surface area contributed by atoms with Crippen LogP contribution in [0.25, 0.3) is 0 Å². The van der Waals surface area contributed by atoms with Gasteiger partial charge in [-0.25, -0.2) is 0 Å². The Bertz CT molecular complexity index is 573. The molecule has 2 heterocycles. The summed E-state index contributed by atoms with van der Waals surface area (Å²) in [5.74, 6) is 1.50. The van der Waals surface area contributed by atoms with Crippen molar-refractivity contribution >= 4 is 29.9 Å². The van der Waals surface area contributed by atoms with Gasteiger partial charge in [0.15, 0.2) is 5.96 Å². The maximum atomic E-state index is 5.85. The van der Waals surface area contributed by atoms with Gasteiger partial charge < -0.3 is 15.4 Å². The highest BCUT2D eigenvalue weighted by Crippen LogP contribution is 2.52. The predicted molar refractivity (Wildman–Crippen MR) is 108 cm³/mol. The van der Waals surface area contributed by atoms with Gasteiger partial charge in [-0.1, -0.05) is 19.9 Å². The molecule has 6 heteroatoms. The first-order chi connectivity index (χ1) is 11.0. The van der Waals surface area contributed by atoms with Crippen molar-refractivity contribution in [3.8, 4) is 0 Å². The fourth-order valence-electron chi connectivity index (χ4n) is 3.93. The van der Waals surface area contributed by atoms with Crippen LogP contribution in [-0.2, 0) is 11.2 Å². The molecule has 2 aliphatic rings. The molecule has 0 aromatic carbocycles. The van der Waals surface area contributed by atoms with E-state index in [2.05, 4.69) is 46.6 Å². The lowest BCUT2D eigenvalue weighted by molar-refractivity contribution is -0.106. The van der Waals surface area contributed by atoms with E-state index in [-0.39, 0.29) is 29.4 Å². The van der Waals surface area contributed by atoms with Crippen LogP contribution in [0.15, 0.2) is 23.3 Å². The first-order valence-corrected chi connectivity index (χ1v) is 8.52. The number of nitrogens with zero attached hydrogens (tertiary/aromatic N) is 2. The van der Waals surface area contributed by atoms with Crippen LogP contribution >= 0.6 is 24.0 Å². The number of aromatic nitrogens is 1. The predicted octanol–water partition coefficient (Wildman–Crippen LogP) is 2.53. The third-order valence-corrected chi connectivity index (χ3v) is 5.30. The Morgan fingerprint density at radius 1 is 1.42 bits per heavy atom. The Hall–Kier alpha value is -0.890. The smallest absolute Gasteiger partial charge is 0.191 e. The molecule has 0 amide bonds. The Morgan fingerprint density at radius 3 is 2.88 bits per heavy atom. The molecule has 134 valence electrons. The van der Waals surface area contributed by atoms with E-state index in [0.29, 0.717) is 18.1 Å². The van der Waals surface area contributed by atoms with E-state index in [0.717, 1.165) is 37.6 Å². The van der Waals surface area contributed by atoms with Crippen LogP contribution in [0.4, 0.5) is 0 Å². The van der Waals surface area contributed by atoms with Gasteiger partial charge in [0.25, 0.3) is 0 Å². The van der Waals surface area contributed by atoms with Crippen molar-refractivity contribution in [2.45, 2.75) is 45.8 Å². The number of fused-ring (bicyclic) bond motifs is 1. The summed E-state index contributed by atoms with van der Waals surface area (Å²) < 4.78 is 5.85. The SMILES string of the molecule is CN=C(NCCc1ccc(C)nc1)NC1C2CCOC2C1(C)C.I. The number of pyridine rings is 1. The quantitative estimate of drug-likeness (QED) is 0.426. The minimum atomic E-state index is 0. The van der Waals surface area contributed by atoms with Gasteiger partial charge in [0, 0.05) is 49.5 Å². The van der Waals surface area contributed by atoms with Crippen molar-refractivity contribution in [3.05, 3.63) is 29.6 Å². The Kier molecular flexibility index (Phi) is 6.47. The summed E-state index contributed by atoms with van der Waals surface area (Å²) in [5.41, 5.74) is 2.46. The van der Waals surface area contributed by atoms with Crippen molar-refractivity contribution in [2.24, 2.45) is 16.3 Å².